The van der Waals surface area contributed by atoms with Gasteiger partial charge in [-0.2, -0.15) is 13.2 Å². The highest BCUT2D eigenvalue weighted by Gasteiger charge is 2.25. The molecule has 0 saturated carbocycles. The van der Waals surface area contributed by atoms with Gasteiger partial charge in [-0.3, -0.25) is 0 Å². The van der Waals surface area contributed by atoms with Crippen molar-refractivity contribution in [3.63, 3.8) is 0 Å². The van der Waals surface area contributed by atoms with Gasteiger partial charge in [0.05, 0.1) is 0 Å². The summed E-state index contributed by atoms with van der Waals surface area (Å²) >= 11 is 0. The average molecular weight is 155 g/mol. The van der Waals surface area contributed by atoms with Crippen LogP contribution in [0.4, 0.5) is 13.2 Å². The topological polar surface area (TPSA) is 26.0 Å². The molecule has 0 aromatic heterocycles. The van der Waals surface area contributed by atoms with Gasteiger partial charge in [0.2, 0.25) is 0 Å². The SMILES string of the molecule is CC(N)CCCC(F)(F)F. The second-order valence-electron chi connectivity index (χ2n) is 2.48. The van der Waals surface area contributed by atoms with Gasteiger partial charge in [0.1, 0.15) is 0 Å². The Morgan fingerprint density at radius 1 is 1.40 bits per heavy atom. The molecule has 0 spiro atoms. The molecule has 10 heavy (non-hydrogen) atoms. The first-order valence-corrected chi connectivity index (χ1v) is 3.24. The molecule has 0 radical (unpaired) electrons. The second kappa shape index (κ2) is 3.81. The van der Waals surface area contributed by atoms with Gasteiger partial charge in [0.15, 0.2) is 0 Å². The first kappa shape index (κ1) is 9.75. The molecular formula is C6H12F3N. The smallest absolute Gasteiger partial charge is 0.328 e. The van der Waals surface area contributed by atoms with Crippen LogP contribution in [0.25, 0.3) is 0 Å². The zero-order chi connectivity index (χ0) is 8.20. The largest absolute Gasteiger partial charge is 0.389 e. The maximum atomic E-state index is 11.5. The Hall–Kier alpha value is -0.250. The minimum absolute atomic E-state index is 0.123. The van der Waals surface area contributed by atoms with E-state index in [4.69, 9.17) is 5.73 Å². The van der Waals surface area contributed by atoms with Crippen LogP contribution in [0.3, 0.4) is 0 Å². The van der Waals surface area contributed by atoms with Crippen molar-refractivity contribution in [3.8, 4) is 0 Å². The number of hydrogen-bond acceptors (Lipinski definition) is 1. The lowest BCUT2D eigenvalue weighted by Crippen LogP contribution is -2.16. The number of alkyl halides is 3. The zero-order valence-electron chi connectivity index (χ0n) is 5.91. The van der Waals surface area contributed by atoms with Crippen LogP contribution >= 0.6 is 0 Å². The Morgan fingerprint density at radius 2 is 1.90 bits per heavy atom. The number of rotatable bonds is 3. The fourth-order valence-electron chi connectivity index (χ4n) is 0.624. The normalized spacial score (nSPS) is 15.3. The van der Waals surface area contributed by atoms with E-state index in [0.717, 1.165) is 0 Å². The lowest BCUT2D eigenvalue weighted by molar-refractivity contribution is -0.135. The lowest BCUT2D eigenvalue weighted by Gasteiger charge is -2.06. The Morgan fingerprint density at radius 3 is 2.20 bits per heavy atom. The van der Waals surface area contributed by atoms with E-state index in [1.54, 1.807) is 6.92 Å². The van der Waals surface area contributed by atoms with Gasteiger partial charge in [-0.1, -0.05) is 0 Å². The van der Waals surface area contributed by atoms with Crippen LogP contribution in [0.1, 0.15) is 26.2 Å². The molecule has 62 valence electrons. The first-order chi connectivity index (χ1) is 4.42. The van der Waals surface area contributed by atoms with Crippen molar-refractivity contribution in [1.29, 1.82) is 0 Å². The van der Waals surface area contributed by atoms with E-state index in [9.17, 15) is 13.2 Å². The van der Waals surface area contributed by atoms with Gasteiger partial charge < -0.3 is 5.73 Å². The molecule has 0 aliphatic rings. The molecule has 0 rings (SSSR count). The van der Waals surface area contributed by atoms with Gasteiger partial charge in [0.25, 0.3) is 0 Å². The molecule has 0 aromatic rings. The van der Waals surface area contributed by atoms with E-state index >= 15 is 0 Å². The molecule has 1 unspecified atom stereocenters. The minimum Gasteiger partial charge on any atom is -0.328 e. The molecule has 0 saturated heterocycles. The fourth-order valence-corrected chi connectivity index (χ4v) is 0.624. The van der Waals surface area contributed by atoms with E-state index in [1.165, 1.54) is 0 Å². The molecule has 0 aliphatic carbocycles. The van der Waals surface area contributed by atoms with E-state index in [0.29, 0.717) is 6.42 Å². The van der Waals surface area contributed by atoms with Crippen molar-refractivity contribution >= 4 is 0 Å². The third-order valence-electron chi connectivity index (χ3n) is 1.12. The standard InChI is InChI=1S/C6H12F3N/c1-5(10)3-2-4-6(7,8)9/h5H,2-4,10H2,1H3. The fraction of sp³-hybridized carbons (Fsp3) is 1.00. The molecular weight excluding hydrogens is 143 g/mol. The molecule has 0 heterocycles. The molecule has 4 heteroatoms. The summed E-state index contributed by atoms with van der Waals surface area (Å²) < 4.78 is 34.4. The van der Waals surface area contributed by atoms with Crippen LogP contribution in [0.15, 0.2) is 0 Å². The van der Waals surface area contributed by atoms with Crippen LogP contribution in [0.2, 0.25) is 0 Å². The molecule has 1 atom stereocenters. The van der Waals surface area contributed by atoms with Crippen LogP contribution in [0, 0.1) is 0 Å². The summed E-state index contributed by atoms with van der Waals surface area (Å²) in [5, 5.41) is 0. The van der Waals surface area contributed by atoms with Crippen molar-refractivity contribution in [2.45, 2.75) is 38.4 Å². The second-order valence-corrected chi connectivity index (χ2v) is 2.48. The Balaban J connectivity index is 3.21. The molecule has 2 N–H and O–H groups in total. The van der Waals surface area contributed by atoms with Gasteiger partial charge in [-0.05, 0) is 19.8 Å². The molecule has 0 fully saturated rings. The Bertz CT molecular complexity index is 87.5. The molecule has 0 bridgehead atoms. The summed E-state index contributed by atoms with van der Waals surface area (Å²) in [6.45, 7) is 1.70. The van der Waals surface area contributed by atoms with Crippen molar-refractivity contribution in [1.82, 2.24) is 0 Å². The van der Waals surface area contributed by atoms with Gasteiger partial charge in [-0.15, -0.1) is 0 Å². The minimum atomic E-state index is -4.02. The summed E-state index contributed by atoms with van der Waals surface area (Å²) in [6.07, 6.45) is -4.15. The van der Waals surface area contributed by atoms with Crippen LogP contribution < -0.4 is 5.73 Å². The number of halogens is 3. The third-order valence-corrected chi connectivity index (χ3v) is 1.12. The predicted molar refractivity (Wildman–Crippen MR) is 33.6 cm³/mol. The monoisotopic (exact) mass is 155 g/mol. The van der Waals surface area contributed by atoms with Gasteiger partial charge in [0, 0.05) is 12.5 Å². The predicted octanol–water partition coefficient (Wildman–Crippen LogP) is 2.07. The first-order valence-electron chi connectivity index (χ1n) is 3.24. The molecule has 1 nitrogen and oxygen atoms in total. The summed E-state index contributed by atoms with van der Waals surface area (Å²) in [6, 6.07) is -0.123. The third kappa shape index (κ3) is 7.75. The number of hydrogen-bond donors (Lipinski definition) is 1. The average Bonchev–Trinajstić information content (AvgIpc) is 1.59. The summed E-state index contributed by atoms with van der Waals surface area (Å²) in [5.74, 6) is 0. The maximum absolute atomic E-state index is 11.5. The van der Waals surface area contributed by atoms with Crippen molar-refractivity contribution in [3.05, 3.63) is 0 Å². The summed E-state index contributed by atoms with van der Waals surface area (Å²) in [4.78, 5) is 0. The summed E-state index contributed by atoms with van der Waals surface area (Å²) in [5.41, 5.74) is 5.25. The lowest BCUT2D eigenvalue weighted by atomic mass is 10.1. The Labute approximate surface area is 58.4 Å². The maximum Gasteiger partial charge on any atom is 0.389 e. The zero-order valence-corrected chi connectivity index (χ0v) is 5.91. The highest BCUT2D eigenvalue weighted by molar-refractivity contribution is 4.56. The van der Waals surface area contributed by atoms with Gasteiger partial charge in [-0.25, -0.2) is 0 Å². The molecule has 0 aromatic carbocycles. The number of nitrogens with two attached hydrogens (primary N) is 1. The molecule has 0 aliphatic heterocycles. The van der Waals surface area contributed by atoms with Crippen LogP contribution in [-0.2, 0) is 0 Å². The van der Waals surface area contributed by atoms with Crippen molar-refractivity contribution in [2.24, 2.45) is 5.73 Å². The van der Waals surface area contributed by atoms with Crippen LogP contribution in [0.5, 0.6) is 0 Å². The highest BCUT2D eigenvalue weighted by atomic mass is 19.4. The van der Waals surface area contributed by atoms with Crippen molar-refractivity contribution < 1.29 is 13.2 Å². The highest BCUT2D eigenvalue weighted by Crippen LogP contribution is 2.22. The summed E-state index contributed by atoms with van der Waals surface area (Å²) in [7, 11) is 0. The van der Waals surface area contributed by atoms with Crippen LogP contribution in [-0.4, -0.2) is 12.2 Å². The van der Waals surface area contributed by atoms with Gasteiger partial charge >= 0.3 is 6.18 Å². The van der Waals surface area contributed by atoms with E-state index in [2.05, 4.69) is 0 Å². The Kier molecular flexibility index (Phi) is 3.71. The quantitative estimate of drug-likeness (QED) is 0.663. The van der Waals surface area contributed by atoms with E-state index in [-0.39, 0.29) is 12.5 Å². The van der Waals surface area contributed by atoms with Crippen molar-refractivity contribution in [2.75, 3.05) is 0 Å². The molecule has 0 amide bonds. The van der Waals surface area contributed by atoms with E-state index < -0.39 is 12.6 Å². The van der Waals surface area contributed by atoms with E-state index in [1.807, 2.05) is 0 Å².